The zero-order chi connectivity index (χ0) is 13.9. The molecule has 4 nitrogen and oxygen atoms in total. The number of anilines is 1. The third kappa shape index (κ3) is 3.81. The Morgan fingerprint density at radius 2 is 2.11 bits per heavy atom. The number of nitrogens with one attached hydrogen (secondary N) is 2. The minimum absolute atomic E-state index is 0.134. The first-order valence-corrected chi connectivity index (χ1v) is 6.59. The van der Waals surface area contributed by atoms with E-state index >= 15 is 0 Å². The smallest absolute Gasteiger partial charge is 0.319 e. The second-order valence-electron chi connectivity index (χ2n) is 4.86. The summed E-state index contributed by atoms with van der Waals surface area (Å²) in [7, 11) is 0. The maximum atomic E-state index is 12.8. The fraction of sp³-hybridized carbons (Fsp3) is 0.462. The number of hydrogen-bond donors (Lipinski definition) is 3. The van der Waals surface area contributed by atoms with Gasteiger partial charge in [-0.25, -0.2) is 9.18 Å². The van der Waals surface area contributed by atoms with Gasteiger partial charge in [-0.1, -0.05) is 24.4 Å². The van der Waals surface area contributed by atoms with Crippen LogP contribution in [-0.2, 0) is 0 Å². The van der Waals surface area contributed by atoms with Crippen molar-refractivity contribution < 1.29 is 14.3 Å². The number of aliphatic hydroxyl groups is 1. The van der Waals surface area contributed by atoms with Gasteiger partial charge in [-0.3, -0.25) is 0 Å². The van der Waals surface area contributed by atoms with E-state index in [-0.39, 0.29) is 11.6 Å². The summed E-state index contributed by atoms with van der Waals surface area (Å²) in [6.07, 6.45) is 3.35. The summed E-state index contributed by atoms with van der Waals surface area (Å²) in [6.45, 7) is 0.206. The van der Waals surface area contributed by atoms with Gasteiger partial charge in [0.15, 0.2) is 0 Å². The molecule has 0 heterocycles. The van der Waals surface area contributed by atoms with Crippen molar-refractivity contribution in [1.29, 1.82) is 0 Å². The van der Waals surface area contributed by atoms with Crippen LogP contribution in [0.15, 0.2) is 18.2 Å². The lowest BCUT2D eigenvalue weighted by molar-refractivity contribution is 0.0506. The van der Waals surface area contributed by atoms with Gasteiger partial charge in [0.05, 0.1) is 16.3 Å². The molecule has 1 aliphatic rings. The van der Waals surface area contributed by atoms with E-state index < -0.39 is 17.4 Å². The van der Waals surface area contributed by atoms with Gasteiger partial charge in [-0.05, 0) is 31.0 Å². The quantitative estimate of drug-likeness (QED) is 0.800. The molecule has 1 aromatic carbocycles. The number of amides is 2. The van der Waals surface area contributed by atoms with Crippen LogP contribution in [0.5, 0.6) is 0 Å². The third-order valence-electron chi connectivity index (χ3n) is 3.29. The summed E-state index contributed by atoms with van der Waals surface area (Å²) in [5.41, 5.74) is -0.469. The van der Waals surface area contributed by atoms with Crippen LogP contribution in [0.25, 0.3) is 0 Å². The molecule has 3 N–H and O–H groups in total. The molecule has 19 heavy (non-hydrogen) atoms. The monoisotopic (exact) mass is 286 g/mol. The van der Waals surface area contributed by atoms with E-state index in [0.717, 1.165) is 18.9 Å². The molecule has 0 bridgehead atoms. The van der Waals surface area contributed by atoms with E-state index in [1.807, 2.05) is 0 Å². The normalized spacial score (nSPS) is 17.2. The van der Waals surface area contributed by atoms with Crippen molar-refractivity contribution in [3.8, 4) is 0 Å². The molecule has 2 rings (SSSR count). The first-order chi connectivity index (χ1) is 8.98. The molecule has 1 aromatic rings. The van der Waals surface area contributed by atoms with Crippen molar-refractivity contribution >= 4 is 23.3 Å². The number of rotatable bonds is 3. The molecule has 0 unspecified atom stereocenters. The van der Waals surface area contributed by atoms with Crippen molar-refractivity contribution in [2.75, 3.05) is 11.9 Å². The molecule has 1 saturated carbocycles. The predicted molar refractivity (Wildman–Crippen MR) is 71.8 cm³/mol. The molecule has 1 fully saturated rings. The first kappa shape index (κ1) is 14.1. The zero-order valence-electron chi connectivity index (χ0n) is 10.4. The number of urea groups is 1. The molecular weight excluding hydrogens is 271 g/mol. The molecule has 0 atom stereocenters. The Kier molecular flexibility index (Phi) is 4.27. The van der Waals surface area contributed by atoms with Crippen molar-refractivity contribution in [3.05, 3.63) is 29.0 Å². The Bertz CT molecular complexity index is 476. The van der Waals surface area contributed by atoms with E-state index in [2.05, 4.69) is 10.6 Å². The summed E-state index contributed by atoms with van der Waals surface area (Å²) < 4.78 is 12.8. The molecule has 0 aliphatic heterocycles. The fourth-order valence-corrected chi connectivity index (χ4v) is 2.43. The first-order valence-electron chi connectivity index (χ1n) is 6.21. The van der Waals surface area contributed by atoms with Crippen molar-refractivity contribution in [3.63, 3.8) is 0 Å². The topological polar surface area (TPSA) is 61.4 Å². The summed E-state index contributed by atoms with van der Waals surface area (Å²) >= 11 is 5.80. The van der Waals surface area contributed by atoms with E-state index in [1.165, 1.54) is 12.1 Å². The van der Waals surface area contributed by atoms with Crippen LogP contribution in [0.1, 0.15) is 25.7 Å². The van der Waals surface area contributed by atoms with Crippen LogP contribution in [-0.4, -0.2) is 23.3 Å². The third-order valence-corrected chi connectivity index (χ3v) is 3.60. The van der Waals surface area contributed by atoms with E-state index in [9.17, 15) is 14.3 Å². The van der Waals surface area contributed by atoms with Crippen molar-refractivity contribution in [2.24, 2.45) is 0 Å². The highest BCUT2D eigenvalue weighted by Crippen LogP contribution is 2.28. The number of benzene rings is 1. The van der Waals surface area contributed by atoms with Gasteiger partial charge in [-0.2, -0.15) is 0 Å². The number of halogens is 2. The lowest BCUT2D eigenvalue weighted by Crippen LogP contribution is -2.42. The lowest BCUT2D eigenvalue weighted by Gasteiger charge is -2.22. The Hall–Kier alpha value is -1.33. The summed E-state index contributed by atoms with van der Waals surface area (Å²) in [4.78, 5) is 11.7. The van der Waals surface area contributed by atoms with Crippen molar-refractivity contribution in [1.82, 2.24) is 5.32 Å². The van der Waals surface area contributed by atoms with Gasteiger partial charge in [0, 0.05) is 6.54 Å². The molecule has 0 radical (unpaired) electrons. The maximum absolute atomic E-state index is 12.8. The predicted octanol–water partition coefficient (Wildman–Crippen LogP) is 2.91. The Morgan fingerprint density at radius 3 is 2.74 bits per heavy atom. The minimum Gasteiger partial charge on any atom is -0.388 e. The standard InChI is InChI=1S/C13H16ClFN2O2/c14-10-7-9(15)3-4-11(10)17-12(18)16-8-13(19)5-1-2-6-13/h3-4,7,19H,1-2,5-6,8H2,(H2,16,17,18). The van der Waals surface area contributed by atoms with Crippen LogP contribution in [0, 0.1) is 5.82 Å². The summed E-state index contributed by atoms with van der Waals surface area (Å²) in [6, 6.07) is 3.27. The van der Waals surface area contributed by atoms with Gasteiger partial charge in [-0.15, -0.1) is 0 Å². The maximum Gasteiger partial charge on any atom is 0.319 e. The SMILES string of the molecule is O=C(NCC1(O)CCCC1)Nc1ccc(F)cc1Cl. The highest BCUT2D eigenvalue weighted by atomic mass is 35.5. The highest BCUT2D eigenvalue weighted by molar-refractivity contribution is 6.33. The summed E-state index contributed by atoms with van der Waals surface area (Å²) in [5.74, 6) is -0.462. The molecule has 0 saturated heterocycles. The van der Waals surface area contributed by atoms with E-state index in [1.54, 1.807) is 0 Å². The van der Waals surface area contributed by atoms with Gasteiger partial charge in [0.2, 0.25) is 0 Å². The molecule has 1 aliphatic carbocycles. The molecule has 0 spiro atoms. The Labute approximate surface area is 116 Å². The second-order valence-corrected chi connectivity index (χ2v) is 5.27. The van der Waals surface area contributed by atoms with Crippen LogP contribution in [0.3, 0.4) is 0 Å². The minimum atomic E-state index is -0.802. The Balaban J connectivity index is 1.87. The fourth-order valence-electron chi connectivity index (χ4n) is 2.21. The van der Waals surface area contributed by atoms with Crippen molar-refractivity contribution in [2.45, 2.75) is 31.3 Å². The van der Waals surface area contributed by atoms with Crippen LogP contribution in [0.4, 0.5) is 14.9 Å². The average Bonchev–Trinajstić information content (AvgIpc) is 2.78. The van der Waals surface area contributed by atoms with Gasteiger partial charge in [0.25, 0.3) is 0 Å². The molecule has 2 amide bonds. The second kappa shape index (κ2) is 5.75. The molecular formula is C13H16ClFN2O2. The van der Waals surface area contributed by atoms with Crippen LogP contribution in [0.2, 0.25) is 5.02 Å². The molecule has 6 heteroatoms. The molecule has 0 aromatic heterocycles. The number of hydrogen-bond acceptors (Lipinski definition) is 2. The zero-order valence-corrected chi connectivity index (χ0v) is 11.1. The van der Waals surface area contributed by atoms with E-state index in [4.69, 9.17) is 11.6 Å². The van der Waals surface area contributed by atoms with Gasteiger partial charge in [0.1, 0.15) is 5.82 Å². The van der Waals surface area contributed by atoms with Gasteiger partial charge >= 0.3 is 6.03 Å². The highest BCUT2D eigenvalue weighted by Gasteiger charge is 2.31. The number of carbonyl (C=O) groups excluding carboxylic acids is 1. The van der Waals surface area contributed by atoms with E-state index in [0.29, 0.717) is 18.5 Å². The average molecular weight is 287 g/mol. The summed E-state index contributed by atoms with van der Waals surface area (Å²) in [5, 5.41) is 15.3. The lowest BCUT2D eigenvalue weighted by atomic mass is 10.0. The van der Waals surface area contributed by atoms with Crippen LogP contribution < -0.4 is 10.6 Å². The van der Waals surface area contributed by atoms with Crippen LogP contribution >= 0.6 is 11.6 Å². The largest absolute Gasteiger partial charge is 0.388 e. The number of carbonyl (C=O) groups is 1. The van der Waals surface area contributed by atoms with Gasteiger partial charge < -0.3 is 15.7 Å². The Morgan fingerprint density at radius 1 is 1.42 bits per heavy atom. The molecule has 104 valence electrons.